The zero-order valence-corrected chi connectivity index (χ0v) is 17.4. The maximum atomic E-state index is 12.8. The lowest BCUT2D eigenvalue weighted by Gasteiger charge is -2.35. The van der Waals surface area contributed by atoms with Crippen LogP contribution in [0.5, 0.6) is 0 Å². The van der Waals surface area contributed by atoms with Crippen molar-refractivity contribution >= 4 is 17.9 Å². The highest BCUT2D eigenvalue weighted by Crippen LogP contribution is 2.36. The molecule has 0 fully saturated rings. The zero-order chi connectivity index (χ0) is 21.7. The Bertz CT molecular complexity index is 853. The largest absolute Gasteiger partial charge is 0.478 e. The Hall–Kier alpha value is -3.09. The van der Waals surface area contributed by atoms with Crippen molar-refractivity contribution in [3.8, 4) is 0 Å². The molecule has 1 aromatic rings. The molecule has 1 aliphatic rings. The minimum atomic E-state index is -1.14. The molecule has 1 unspecified atom stereocenters. The van der Waals surface area contributed by atoms with E-state index in [2.05, 4.69) is 0 Å². The van der Waals surface area contributed by atoms with Crippen molar-refractivity contribution in [1.29, 1.82) is 0 Å². The highest BCUT2D eigenvalue weighted by molar-refractivity contribution is 5.97. The van der Waals surface area contributed by atoms with Crippen LogP contribution < -0.4 is 0 Å². The van der Waals surface area contributed by atoms with Gasteiger partial charge in [-0.3, -0.25) is 4.79 Å². The first-order valence-corrected chi connectivity index (χ1v) is 9.46. The Morgan fingerprint density at radius 2 is 1.66 bits per heavy atom. The van der Waals surface area contributed by atoms with E-state index in [-0.39, 0.29) is 30.4 Å². The maximum Gasteiger partial charge on any atom is 0.336 e. The van der Waals surface area contributed by atoms with Crippen molar-refractivity contribution in [2.24, 2.45) is 5.92 Å². The second kappa shape index (κ2) is 9.41. The molecular formula is C22H27NO6. The maximum absolute atomic E-state index is 12.8. The Morgan fingerprint density at radius 1 is 1.07 bits per heavy atom. The van der Waals surface area contributed by atoms with Crippen LogP contribution in [0.25, 0.3) is 0 Å². The number of nitrogens with zero attached hydrogens (tertiary/aromatic N) is 1. The van der Waals surface area contributed by atoms with Crippen LogP contribution in [0.15, 0.2) is 52.9 Å². The molecule has 0 amide bonds. The lowest BCUT2D eigenvalue weighted by atomic mass is 9.86. The average Bonchev–Trinajstić information content (AvgIpc) is 2.63. The number of hydrogen-bond donors (Lipinski definition) is 1. The smallest absolute Gasteiger partial charge is 0.336 e. The Balaban J connectivity index is 2.33. The lowest BCUT2D eigenvalue weighted by Crippen LogP contribution is -2.38. The summed E-state index contributed by atoms with van der Waals surface area (Å²) in [6.07, 6.45) is -0.297. The van der Waals surface area contributed by atoms with Gasteiger partial charge < -0.3 is 19.5 Å². The van der Waals surface area contributed by atoms with Crippen LogP contribution in [0.1, 0.15) is 40.2 Å². The van der Waals surface area contributed by atoms with Gasteiger partial charge in [0.2, 0.25) is 0 Å². The monoisotopic (exact) mass is 401 g/mol. The van der Waals surface area contributed by atoms with Crippen molar-refractivity contribution in [3.05, 3.63) is 58.4 Å². The van der Waals surface area contributed by atoms with Crippen molar-refractivity contribution in [3.63, 3.8) is 0 Å². The Labute approximate surface area is 170 Å². The topological polar surface area (TPSA) is 93.1 Å². The fourth-order valence-corrected chi connectivity index (χ4v) is 3.45. The van der Waals surface area contributed by atoms with Gasteiger partial charge in [-0.15, -0.1) is 0 Å². The van der Waals surface area contributed by atoms with E-state index in [4.69, 9.17) is 9.47 Å². The fraction of sp³-hybridized carbons (Fsp3) is 0.409. The molecule has 0 aromatic heterocycles. The first kappa shape index (κ1) is 22.2. The molecule has 0 saturated heterocycles. The molecule has 156 valence electrons. The number of esters is 2. The van der Waals surface area contributed by atoms with E-state index >= 15 is 0 Å². The molecule has 7 nitrogen and oxygen atoms in total. The minimum Gasteiger partial charge on any atom is -0.478 e. The number of carbonyl (C=O) groups is 3. The van der Waals surface area contributed by atoms with Gasteiger partial charge in [-0.25, -0.2) is 9.59 Å². The van der Waals surface area contributed by atoms with Crippen LogP contribution in [0.2, 0.25) is 0 Å². The number of rotatable bonds is 7. The molecule has 1 aliphatic heterocycles. The molecule has 1 atom stereocenters. The van der Waals surface area contributed by atoms with E-state index in [0.29, 0.717) is 11.4 Å². The van der Waals surface area contributed by atoms with Gasteiger partial charge in [0, 0.05) is 17.3 Å². The van der Waals surface area contributed by atoms with Crippen LogP contribution in [0.4, 0.5) is 0 Å². The van der Waals surface area contributed by atoms with Gasteiger partial charge >= 0.3 is 17.9 Å². The summed E-state index contributed by atoms with van der Waals surface area (Å²) in [7, 11) is 0. The van der Waals surface area contributed by atoms with Crippen LogP contribution >= 0.6 is 0 Å². The van der Waals surface area contributed by atoms with Gasteiger partial charge in [0.1, 0.15) is 13.2 Å². The zero-order valence-electron chi connectivity index (χ0n) is 17.4. The Morgan fingerprint density at radius 3 is 2.21 bits per heavy atom. The van der Waals surface area contributed by atoms with Crippen LogP contribution in [0, 0.1) is 5.92 Å². The molecule has 7 heteroatoms. The number of benzene rings is 1. The molecule has 0 saturated carbocycles. The number of carboxylic acids is 1. The predicted molar refractivity (Wildman–Crippen MR) is 106 cm³/mol. The summed E-state index contributed by atoms with van der Waals surface area (Å²) in [5, 5.41) is 9.69. The standard InChI is InChI=1S/C22H27NO6/c1-13(2)29-18(24)11-23-15(4)19(21(25)26)14(3)20(16(23)5)22(27)28-12-17-9-7-6-8-10-17/h6-10,13-14H,11-12H2,1-5H3,(H,25,26). The number of aliphatic carboxylic acids is 1. The molecule has 2 rings (SSSR count). The van der Waals surface area contributed by atoms with Crippen LogP contribution in [-0.4, -0.2) is 40.6 Å². The summed E-state index contributed by atoms with van der Waals surface area (Å²) in [4.78, 5) is 38.4. The van der Waals surface area contributed by atoms with E-state index in [0.717, 1.165) is 5.56 Å². The molecule has 0 bridgehead atoms. The molecule has 1 aromatic carbocycles. The third-order valence-corrected chi connectivity index (χ3v) is 4.77. The SMILES string of the molecule is CC1=C(C(=O)O)C(C)C(C(=O)OCc2ccccc2)=C(C)N1CC(=O)OC(C)C. The summed E-state index contributed by atoms with van der Waals surface area (Å²) in [6, 6.07) is 9.21. The minimum absolute atomic E-state index is 0.0552. The number of ether oxygens (including phenoxy) is 2. The molecule has 1 heterocycles. The quantitative estimate of drug-likeness (QED) is 0.701. The number of hydrogen-bond acceptors (Lipinski definition) is 6. The number of carboxylic acid groups (broad SMARTS) is 1. The van der Waals surface area contributed by atoms with Crippen molar-refractivity contribution in [1.82, 2.24) is 4.90 Å². The molecule has 0 aliphatic carbocycles. The van der Waals surface area contributed by atoms with E-state index in [1.807, 2.05) is 30.3 Å². The van der Waals surface area contributed by atoms with E-state index in [1.54, 1.807) is 34.6 Å². The molecule has 29 heavy (non-hydrogen) atoms. The first-order chi connectivity index (χ1) is 13.6. The molecule has 0 radical (unpaired) electrons. The summed E-state index contributed by atoms with van der Waals surface area (Å²) < 4.78 is 10.6. The fourth-order valence-electron chi connectivity index (χ4n) is 3.45. The van der Waals surface area contributed by atoms with E-state index in [1.165, 1.54) is 4.90 Å². The Kier molecular flexibility index (Phi) is 7.20. The summed E-state index contributed by atoms with van der Waals surface area (Å²) >= 11 is 0. The van der Waals surface area contributed by atoms with Crippen LogP contribution in [0.3, 0.4) is 0 Å². The van der Waals surface area contributed by atoms with Gasteiger partial charge in [0.25, 0.3) is 0 Å². The van der Waals surface area contributed by atoms with Gasteiger partial charge in [-0.05, 0) is 33.3 Å². The van der Waals surface area contributed by atoms with Crippen LogP contribution in [-0.2, 0) is 30.5 Å². The molecule has 1 N–H and O–H groups in total. The summed E-state index contributed by atoms with van der Waals surface area (Å²) in [6.45, 7) is 8.31. The van der Waals surface area contributed by atoms with Gasteiger partial charge in [0.15, 0.2) is 0 Å². The van der Waals surface area contributed by atoms with Crippen molar-refractivity contribution in [2.45, 2.75) is 47.3 Å². The first-order valence-electron chi connectivity index (χ1n) is 9.46. The number of allylic oxidation sites excluding steroid dienone is 2. The third-order valence-electron chi connectivity index (χ3n) is 4.77. The van der Waals surface area contributed by atoms with E-state index < -0.39 is 23.8 Å². The summed E-state index contributed by atoms with van der Waals surface area (Å²) in [5.74, 6) is -2.92. The van der Waals surface area contributed by atoms with Gasteiger partial charge in [-0.2, -0.15) is 0 Å². The van der Waals surface area contributed by atoms with Gasteiger partial charge in [-0.1, -0.05) is 37.3 Å². The normalized spacial score (nSPS) is 16.9. The molecule has 0 spiro atoms. The highest BCUT2D eigenvalue weighted by atomic mass is 16.5. The lowest BCUT2D eigenvalue weighted by molar-refractivity contribution is -0.148. The summed E-state index contributed by atoms with van der Waals surface area (Å²) in [5.41, 5.74) is 1.99. The second-order valence-electron chi connectivity index (χ2n) is 7.21. The van der Waals surface area contributed by atoms with Crippen molar-refractivity contribution < 1.29 is 29.0 Å². The predicted octanol–water partition coefficient (Wildman–Crippen LogP) is 3.27. The van der Waals surface area contributed by atoms with E-state index in [9.17, 15) is 19.5 Å². The van der Waals surface area contributed by atoms with Gasteiger partial charge in [0.05, 0.1) is 17.3 Å². The number of carbonyl (C=O) groups excluding carboxylic acids is 2. The van der Waals surface area contributed by atoms with Crippen molar-refractivity contribution in [2.75, 3.05) is 6.54 Å². The second-order valence-corrected chi connectivity index (χ2v) is 7.21. The average molecular weight is 401 g/mol. The molecular weight excluding hydrogens is 374 g/mol. The third kappa shape index (κ3) is 5.25. The highest BCUT2D eigenvalue weighted by Gasteiger charge is 2.37.